The Bertz CT molecular complexity index is 728. The second-order valence-electron chi connectivity index (χ2n) is 3.21. The van der Waals surface area contributed by atoms with Crippen molar-refractivity contribution >= 4 is 77.9 Å². The van der Waals surface area contributed by atoms with E-state index in [2.05, 4.69) is 5.14 Å². The molecule has 0 unspecified atom stereocenters. The fourth-order valence-corrected chi connectivity index (χ4v) is 4.74. The summed E-state index contributed by atoms with van der Waals surface area (Å²) < 4.78 is 43.2. The SMILES string of the molecule is NS(=O)(=O)C(Cl)(Cl)S(=O)(=O)c1cc(Cl)c(Cl)cc1Cl. The van der Waals surface area contributed by atoms with Crippen LogP contribution in [0.4, 0.5) is 0 Å². The second kappa shape index (κ2) is 5.38. The van der Waals surface area contributed by atoms with Crippen molar-refractivity contribution in [3.8, 4) is 0 Å². The lowest BCUT2D eigenvalue weighted by molar-refractivity contribution is 0.582. The molecule has 0 heterocycles. The molecule has 0 atom stereocenters. The minimum absolute atomic E-state index is 0.0315. The first kappa shape index (κ1) is 17.6. The van der Waals surface area contributed by atoms with Crippen molar-refractivity contribution in [2.75, 3.05) is 0 Å². The van der Waals surface area contributed by atoms with Crippen LogP contribution in [0.3, 0.4) is 0 Å². The lowest BCUT2D eigenvalue weighted by Gasteiger charge is -2.18. The molecule has 108 valence electrons. The number of primary sulfonamides is 1. The van der Waals surface area contributed by atoms with Crippen molar-refractivity contribution in [1.29, 1.82) is 0 Å². The van der Waals surface area contributed by atoms with E-state index in [1.54, 1.807) is 0 Å². The molecule has 19 heavy (non-hydrogen) atoms. The van der Waals surface area contributed by atoms with Crippen LogP contribution in [0.5, 0.6) is 0 Å². The topological polar surface area (TPSA) is 94.3 Å². The fraction of sp³-hybridized carbons (Fsp3) is 0.143. The van der Waals surface area contributed by atoms with Gasteiger partial charge in [-0.25, -0.2) is 22.0 Å². The summed E-state index contributed by atoms with van der Waals surface area (Å²) in [6, 6.07) is 1.83. The highest BCUT2D eigenvalue weighted by Gasteiger charge is 2.52. The molecule has 0 amide bonds. The van der Waals surface area contributed by atoms with Gasteiger partial charge >= 0.3 is 3.00 Å². The summed E-state index contributed by atoms with van der Waals surface area (Å²) in [6.07, 6.45) is 0. The van der Waals surface area contributed by atoms with Crippen LogP contribution in [0.2, 0.25) is 15.1 Å². The van der Waals surface area contributed by atoms with Crippen LogP contribution in [0.15, 0.2) is 17.0 Å². The summed E-state index contributed by atoms with van der Waals surface area (Å²) in [5, 5.41) is 4.07. The Morgan fingerprint density at radius 1 is 0.895 bits per heavy atom. The molecule has 0 spiro atoms. The Morgan fingerprint density at radius 3 is 1.74 bits per heavy atom. The van der Waals surface area contributed by atoms with Gasteiger partial charge in [0.1, 0.15) is 0 Å². The van der Waals surface area contributed by atoms with E-state index in [4.69, 9.17) is 58.0 Å². The van der Waals surface area contributed by atoms with Gasteiger partial charge in [-0.05, 0) is 12.1 Å². The van der Waals surface area contributed by atoms with Gasteiger partial charge in [0.05, 0.1) is 20.0 Å². The van der Waals surface area contributed by atoms with Crippen LogP contribution < -0.4 is 5.14 Å². The van der Waals surface area contributed by atoms with Gasteiger partial charge in [0.15, 0.2) is 0 Å². The van der Waals surface area contributed by atoms with Gasteiger partial charge in [-0.15, -0.1) is 0 Å². The Labute approximate surface area is 134 Å². The monoisotopic (exact) mass is 405 g/mol. The highest BCUT2D eigenvalue weighted by molar-refractivity contribution is 8.13. The summed E-state index contributed by atoms with van der Waals surface area (Å²) in [4.78, 5) is -0.706. The van der Waals surface area contributed by atoms with Crippen molar-refractivity contribution < 1.29 is 16.8 Å². The highest BCUT2D eigenvalue weighted by Crippen LogP contribution is 2.42. The predicted octanol–water partition coefficient (Wildman–Crippen LogP) is 2.80. The van der Waals surface area contributed by atoms with Crippen LogP contribution in [0.25, 0.3) is 0 Å². The molecule has 1 aromatic rings. The number of rotatable bonds is 3. The van der Waals surface area contributed by atoms with Crippen LogP contribution in [0.1, 0.15) is 0 Å². The molecule has 0 aromatic heterocycles. The molecule has 0 fully saturated rings. The van der Waals surface area contributed by atoms with Gasteiger partial charge < -0.3 is 0 Å². The number of alkyl halides is 2. The standard InChI is InChI=1S/C7H4Cl5NO4S2/c8-3-1-5(10)6(2-4(3)9)18(14,15)7(11,12)19(13,16)17/h1-2H,(H2,13,16,17). The molecule has 0 aliphatic rings. The molecule has 1 aromatic carbocycles. The molecular weight excluding hydrogens is 403 g/mol. The van der Waals surface area contributed by atoms with E-state index in [0.717, 1.165) is 12.1 Å². The number of benzene rings is 1. The number of halogens is 5. The van der Waals surface area contributed by atoms with E-state index in [-0.39, 0.29) is 10.0 Å². The number of sulfone groups is 1. The summed E-state index contributed by atoms with van der Waals surface area (Å²) in [6.45, 7) is 0. The third-order valence-corrected chi connectivity index (χ3v) is 9.12. The Balaban J connectivity index is 3.68. The van der Waals surface area contributed by atoms with Crippen molar-refractivity contribution in [3.63, 3.8) is 0 Å². The molecule has 0 aliphatic heterocycles. The molecule has 0 radical (unpaired) electrons. The molecule has 0 saturated carbocycles. The zero-order chi connectivity index (χ0) is 15.2. The van der Waals surface area contributed by atoms with Gasteiger partial charge in [0, 0.05) is 0 Å². The second-order valence-corrected chi connectivity index (χ2v) is 10.7. The quantitative estimate of drug-likeness (QED) is 0.616. The van der Waals surface area contributed by atoms with Gasteiger partial charge in [0.2, 0.25) is 9.84 Å². The minimum atomic E-state index is -4.84. The van der Waals surface area contributed by atoms with Crippen molar-refractivity contribution in [1.82, 2.24) is 0 Å². The van der Waals surface area contributed by atoms with E-state index >= 15 is 0 Å². The number of hydrogen-bond acceptors (Lipinski definition) is 4. The molecule has 0 aliphatic carbocycles. The van der Waals surface area contributed by atoms with Gasteiger partial charge in [-0.3, -0.25) is 0 Å². The molecule has 5 nitrogen and oxygen atoms in total. The van der Waals surface area contributed by atoms with Gasteiger partial charge in [-0.2, -0.15) is 0 Å². The fourth-order valence-electron chi connectivity index (χ4n) is 0.991. The molecule has 0 bridgehead atoms. The van der Waals surface area contributed by atoms with E-state index in [1.165, 1.54) is 0 Å². The highest BCUT2D eigenvalue weighted by atomic mass is 35.5. The first-order valence-corrected chi connectivity index (χ1v) is 9.03. The zero-order valence-electron chi connectivity index (χ0n) is 8.57. The maximum atomic E-state index is 12.1. The summed E-state index contributed by atoms with van der Waals surface area (Å²) in [7, 11) is -9.66. The molecule has 2 N–H and O–H groups in total. The zero-order valence-corrected chi connectivity index (χ0v) is 14.0. The molecule has 12 heteroatoms. The Kier molecular flexibility index (Phi) is 4.98. The van der Waals surface area contributed by atoms with Crippen LogP contribution in [-0.4, -0.2) is 19.8 Å². The van der Waals surface area contributed by atoms with E-state index in [0.29, 0.717) is 0 Å². The summed E-state index contributed by atoms with van der Waals surface area (Å²) in [5.74, 6) is 0. The first-order chi connectivity index (χ1) is 8.32. The average molecular weight is 408 g/mol. The average Bonchev–Trinajstić information content (AvgIpc) is 2.21. The van der Waals surface area contributed by atoms with E-state index < -0.39 is 32.8 Å². The molecule has 1 rings (SSSR count). The van der Waals surface area contributed by atoms with Crippen molar-refractivity contribution in [2.45, 2.75) is 7.89 Å². The summed E-state index contributed by atoms with van der Waals surface area (Å²) in [5.41, 5.74) is 0. The molecule has 0 saturated heterocycles. The largest absolute Gasteiger partial charge is 0.336 e. The normalized spacial score (nSPS) is 13.6. The predicted molar refractivity (Wildman–Crippen MR) is 76.2 cm³/mol. The van der Waals surface area contributed by atoms with Crippen molar-refractivity contribution in [3.05, 3.63) is 27.2 Å². The smallest absolute Gasteiger partial charge is 0.225 e. The number of hydrogen-bond donors (Lipinski definition) is 1. The first-order valence-electron chi connectivity index (χ1n) is 4.11. The molecular formula is C7H4Cl5NO4S2. The van der Waals surface area contributed by atoms with Crippen LogP contribution in [-0.2, 0) is 19.9 Å². The Morgan fingerprint density at radius 2 is 1.32 bits per heavy atom. The minimum Gasteiger partial charge on any atom is -0.225 e. The van der Waals surface area contributed by atoms with Gasteiger partial charge in [-0.1, -0.05) is 58.0 Å². The van der Waals surface area contributed by atoms with Crippen LogP contribution in [0, 0.1) is 0 Å². The number of nitrogens with two attached hydrogens (primary N) is 1. The number of sulfonamides is 1. The lowest BCUT2D eigenvalue weighted by Crippen LogP contribution is -2.40. The summed E-state index contributed by atoms with van der Waals surface area (Å²) >= 11 is 27.6. The van der Waals surface area contributed by atoms with Gasteiger partial charge in [0.25, 0.3) is 10.0 Å². The van der Waals surface area contributed by atoms with E-state index in [1.807, 2.05) is 0 Å². The maximum absolute atomic E-state index is 12.1. The third kappa shape index (κ3) is 3.08. The van der Waals surface area contributed by atoms with Crippen molar-refractivity contribution in [2.24, 2.45) is 5.14 Å². The maximum Gasteiger partial charge on any atom is 0.336 e. The lowest BCUT2D eigenvalue weighted by atomic mass is 10.4. The third-order valence-electron chi connectivity index (χ3n) is 1.91. The van der Waals surface area contributed by atoms with E-state index in [9.17, 15) is 16.8 Å². The van der Waals surface area contributed by atoms with Crippen LogP contribution >= 0.6 is 58.0 Å². The Hall–Kier alpha value is 0.530.